The number of allylic oxidation sites excluding steroid dienone is 8. The van der Waals surface area contributed by atoms with E-state index >= 15 is 0 Å². The Morgan fingerprint density at radius 2 is 0.825 bits per heavy atom. The molecule has 0 aliphatic heterocycles. The highest BCUT2D eigenvalue weighted by Gasteiger charge is 2.27. The third-order valence-electron chi connectivity index (χ3n) is 9.53. The van der Waals surface area contributed by atoms with Crippen molar-refractivity contribution in [2.24, 2.45) is 0 Å². The van der Waals surface area contributed by atoms with Crippen molar-refractivity contribution < 1.29 is 47.8 Å². The Labute approximate surface area is 347 Å². The number of carbonyl (C=O) groups excluding carboxylic acids is 2. The van der Waals surface area contributed by atoms with E-state index in [-0.39, 0.29) is 12.8 Å². The molecule has 3 N–H and O–H groups in total. The molecule has 10 nitrogen and oxygen atoms in total. The summed E-state index contributed by atoms with van der Waals surface area (Å²) in [6, 6.07) is 0. The number of hydrogen-bond acceptors (Lipinski definition) is 9. The summed E-state index contributed by atoms with van der Waals surface area (Å²) in [6.07, 6.45) is 45.2. The van der Waals surface area contributed by atoms with E-state index in [4.69, 9.17) is 18.5 Å². The average Bonchev–Trinajstić information content (AvgIpc) is 3.20. The highest BCUT2D eigenvalue weighted by Crippen LogP contribution is 2.43. The Morgan fingerprint density at radius 1 is 0.491 bits per heavy atom. The zero-order valence-electron chi connectivity index (χ0n) is 36.0. The van der Waals surface area contributed by atoms with Crippen molar-refractivity contribution >= 4 is 19.8 Å². The van der Waals surface area contributed by atoms with Gasteiger partial charge in [0.25, 0.3) is 0 Å². The molecule has 0 saturated heterocycles. The first-order chi connectivity index (χ1) is 27.8. The molecule has 3 atom stereocenters. The van der Waals surface area contributed by atoms with Crippen LogP contribution in [0.4, 0.5) is 0 Å². The second-order valence-electron chi connectivity index (χ2n) is 15.0. The van der Waals surface area contributed by atoms with Gasteiger partial charge in [0.15, 0.2) is 0 Å². The fourth-order valence-corrected chi connectivity index (χ4v) is 6.85. The Morgan fingerprint density at radius 3 is 1.23 bits per heavy atom. The maximum atomic E-state index is 12.4. The molecule has 0 radical (unpaired) electrons. The van der Waals surface area contributed by atoms with Gasteiger partial charge < -0.3 is 24.6 Å². The van der Waals surface area contributed by atoms with Crippen molar-refractivity contribution in [3.63, 3.8) is 0 Å². The molecule has 3 unspecified atom stereocenters. The molecule has 0 amide bonds. The Balaban J connectivity index is 3.90. The largest absolute Gasteiger partial charge is 0.472 e. The Bertz CT molecular complexity index is 1090. The van der Waals surface area contributed by atoms with Crippen molar-refractivity contribution in [3.8, 4) is 0 Å². The molecule has 11 heteroatoms. The molecule has 0 saturated carbocycles. The van der Waals surface area contributed by atoms with Crippen molar-refractivity contribution in [1.82, 2.24) is 0 Å². The van der Waals surface area contributed by atoms with Crippen LogP contribution in [0.15, 0.2) is 48.6 Å². The molecule has 0 heterocycles. The number of hydrogen-bond donors (Lipinski definition) is 3. The number of aliphatic hydroxyl groups is 2. The van der Waals surface area contributed by atoms with Gasteiger partial charge in [-0.25, -0.2) is 4.57 Å². The van der Waals surface area contributed by atoms with E-state index in [1.807, 2.05) is 0 Å². The molecular formula is C46H83O10P. The van der Waals surface area contributed by atoms with E-state index in [0.29, 0.717) is 12.8 Å². The average molecular weight is 827 g/mol. The number of aliphatic hydroxyl groups excluding tert-OH is 2. The van der Waals surface area contributed by atoms with Gasteiger partial charge in [0.1, 0.15) is 12.2 Å². The Kier molecular flexibility index (Phi) is 40.5. The number of rotatable bonds is 42. The zero-order chi connectivity index (χ0) is 41.9. The minimum absolute atomic E-state index is 0.156. The zero-order valence-corrected chi connectivity index (χ0v) is 36.9. The van der Waals surface area contributed by atoms with Crippen LogP contribution in [0.25, 0.3) is 0 Å². The van der Waals surface area contributed by atoms with E-state index in [0.717, 1.165) is 57.8 Å². The summed E-state index contributed by atoms with van der Waals surface area (Å²) in [5.74, 6) is -1.05. The van der Waals surface area contributed by atoms with E-state index in [1.54, 1.807) is 0 Å². The molecule has 0 aromatic heterocycles. The summed E-state index contributed by atoms with van der Waals surface area (Å²) in [5, 5.41) is 19.2. The topological polar surface area (TPSA) is 149 Å². The normalized spacial score (nSPS) is 14.3. The number of carbonyl (C=O) groups is 2. The van der Waals surface area contributed by atoms with Crippen molar-refractivity contribution in [2.75, 3.05) is 26.4 Å². The van der Waals surface area contributed by atoms with Gasteiger partial charge in [-0.05, 0) is 70.6 Å². The molecular weight excluding hydrogens is 743 g/mol. The summed E-state index contributed by atoms with van der Waals surface area (Å²) in [7, 11) is -4.65. The molecule has 0 spiro atoms. The maximum Gasteiger partial charge on any atom is 0.472 e. The number of ether oxygens (including phenoxy) is 2. The summed E-state index contributed by atoms with van der Waals surface area (Å²) in [4.78, 5) is 34.5. The van der Waals surface area contributed by atoms with Crippen LogP contribution < -0.4 is 0 Å². The van der Waals surface area contributed by atoms with Crippen LogP contribution in [-0.2, 0) is 32.7 Å². The second-order valence-corrected chi connectivity index (χ2v) is 16.5. The minimum Gasteiger partial charge on any atom is -0.457 e. The smallest absolute Gasteiger partial charge is 0.457 e. The van der Waals surface area contributed by atoms with Gasteiger partial charge in [0, 0.05) is 12.8 Å². The van der Waals surface area contributed by atoms with Crippen LogP contribution in [0.5, 0.6) is 0 Å². The minimum atomic E-state index is -4.65. The van der Waals surface area contributed by atoms with Crippen LogP contribution in [0.3, 0.4) is 0 Å². The van der Waals surface area contributed by atoms with Gasteiger partial charge in [-0.2, -0.15) is 0 Å². The maximum absolute atomic E-state index is 12.4. The van der Waals surface area contributed by atoms with Crippen LogP contribution in [0.1, 0.15) is 194 Å². The summed E-state index contributed by atoms with van der Waals surface area (Å²) < 4.78 is 32.5. The third kappa shape index (κ3) is 40.5. The number of phosphoric ester groups is 1. The molecule has 0 rings (SSSR count). The SMILES string of the molecule is CC/C=C\C/C=C\C/C=C\CCCCCC(=O)OC(CO)COP(=O)(O)OCC(CO)OC(=O)CCCCCCCCCCC/C=C\CCCCCCCCCC. The molecule has 57 heavy (non-hydrogen) atoms. The van der Waals surface area contributed by atoms with Crippen LogP contribution in [0.2, 0.25) is 0 Å². The summed E-state index contributed by atoms with van der Waals surface area (Å²) >= 11 is 0. The van der Waals surface area contributed by atoms with E-state index in [2.05, 4.69) is 62.5 Å². The number of esters is 2. The molecule has 0 aliphatic rings. The second kappa shape index (κ2) is 42.1. The quantitative estimate of drug-likeness (QED) is 0.0235. The lowest BCUT2D eigenvalue weighted by atomic mass is 10.1. The predicted octanol–water partition coefficient (Wildman–Crippen LogP) is 12.1. The van der Waals surface area contributed by atoms with Gasteiger partial charge in [-0.1, -0.05) is 159 Å². The lowest BCUT2D eigenvalue weighted by Gasteiger charge is -2.20. The lowest BCUT2D eigenvalue weighted by molar-refractivity contribution is -0.153. The van der Waals surface area contributed by atoms with Gasteiger partial charge in [-0.15, -0.1) is 0 Å². The monoisotopic (exact) mass is 827 g/mol. The van der Waals surface area contributed by atoms with Gasteiger partial charge in [0.05, 0.1) is 26.4 Å². The van der Waals surface area contributed by atoms with E-state index < -0.39 is 58.4 Å². The first kappa shape index (κ1) is 54.9. The third-order valence-corrected chi connectivity index (χ3v) is 10.5. The van der Waals surface area contributed by atoms with E-state index in [1.165, 1.54) is 96.3 Å². The number of unbranched alkanes of at least 4 members (excludes halogenated alkanes) is 20. The predicted molar refractivity (Wildman–Crippen MR) is 233 cm³/mol. The van der Waals surface area contributed by atoms with E-state index in [9.17, 15) is 29.3 Å². The van der Waals surface area contributed by atoms with Gasteiger partial charge in [0.2, 0.25) is 0 Å². The molecule has 0 aromatic carbocycles. The molecule has 0 aromatic rings. The van der Waals surface area contributed by atoms with Crippen LogP contribution in [0, 0.1) is 0 Å². The van der Waals surface area contributed by atoms with Gasteiger partial charge >= 0.3 is 19.8 Å². The fraction of sp³-hybridized carbons (Fsp3) is 0.783. The molecule has 0 fully saturated rings. The van der Waals surface area contributed by atoms with Crippen molar-refractivity contribution in [3.05, 3.63) is 48.6 Å². The summed E-state index contributed by atoms with van der Waals surface area (Å²) in [5.41, 5.74) is 0. The van der Waals surface area contributed by atoms with Gasteiger partial charge in [-0.3, -0.25) is 18.6 Å². The highest BCUT2D eigenvalue weighted by molar-refractivity contribution is 7.47. The van der Waals surface area contributed by atoms with Crippen molar-refractivity contribution in [1.29, 1.82) is 0 Å². The van der Waals surface area contributed by atoms with Crippen LogP contribution >= 0.6 is 7.82 Å². The number of phosphoric acid groups is 1. The lowest BCUT2D eigenvalue weighted by Crippen LogP contribution is -2.28. The highest BCUT2D eigenvalue weighted by atomic mass is 31.2. The first-order valence-corrected chi connectivity index (χ1v) is 24.1. The standard InChI is InChI=1S/C46H83O10P/c1-3-5-7-9-11-13-15-17-18-19-20-21-22-23-24-26-28-30-32-34-36-38-46(50)56-44(40-48)42-54-57(51,52)53-41-43(39-47)55-45(49)37-35-33-31-29-27-25-16-14-12-10-8-6-4-2/h6,8,12,14,19-20,25,27,43-44,47-48H,3-5,7,9-11,13,15-18,21-24,26,28-42H2,1-2H3,(H,51,52)/b8-6-,14-12-,20-19-,27-25-. The van der Waals surface area contributed by atoms with Crippen LogP contribution in [-0.4, -0.2) is 65.7 Å². The molecule has 0 aliphatic carbocycles. The summed E-state index contributed by atoms with van der Waals surface area (Å²) in [6.45, 7) is 2.06. The Hall–Kier alpha value is -2.07. The first-order valence-electron chi connectivity index (χ1n) is 22.6. The molecule has 332 valence electrons. The molecule has 0 bridgehead atoms. The van der Waals surface area contributed by atoms with Crippen molar-refractivity contribution in [2.45, 2.75) is 206 Å². The fourth-order valence-electron chi connectivity index (χ4n) is 6.07.